The second-order valence-electron chi connectivity index (χ2n) is 15.4. The topological polar surface area (TPSA) is 224 Å². The van der Waals surface area contributed by atoms with E-state index in [1.807, 2.05) is 45.9 Å². The van der Waals surface area contributed by atoms with Gasteiger partial charge in [-0.25, -0.2) is 0 Å². The Morgan fingerprint density at radius 1 is 1.04 bits per heavy atom. The quantitative estimate of drug-likeness (QED) is 0.131. The van der Waals surface area contributed by atoms with Crippen LogP contribution in [-0.2, 0) is 30.3 Å². The molecule has 2 fully saturated rings. The van der Waals surface area contributed by atoms with Gasteiger partial charge in [-0.3, -0.25) is 38.2 Å². The number of nitrogens with one attached hydrogen (secondary N) is 4. The van der Waals surface area contributed by atoms with Crippen molar-refractivity contribution in [1.29, 1.82) is 0 Å². The number of carbonyl (C=O) groups excluding carboxylic acids is 6. The van der Waals surface area contributed by atoms with Crippen LogP contribution in [0.4, 0.5) is 0 Å². The number of hydrogen-bond acceptors (Lipinski definition) is 8. The summed E-state index contributed by atoms with van der Waals surface area (Å²) in [6.07, 6.45) is 1.23. The lowest BCUT2D eigenvalue weighted by molar-refractivity contribution is -0.144. The summed E-state index contributed by atoms with van der Waals surface area (Å²) in [5, 5.41) is 9.39. The van der Waals surface area contributed by atoms with E-state index in [1.165, 1.54) is 29.2 Å². The molecule has 0 saturated carbocycles. The Morgan fingerprint density at radius 2 is 1.77 bits per heavy atom. The summed E-state index contributed by atoms with van der Waals surface area (Å²) in [5.41, 5.74) is 6.87. The monoisotopic (exact) mass is 811 g/mol. The second-order valence-corrected chi connectivity index (χ2v) is 17.9. The Bertz CT molecular complexity index is 2060. The van der Waals surface area contributed by atoms with Crippen LogP contribution in [0, 0.1) is 0 Å². The number of nitrogens with two attached hydrogens (primary N) is 1. The summed E-state index contributed by atoms with van der Waals surface area (Å²) < 4.78 is 12.0. The Hall–Kier alpha value is -4.56. The second kappa shape index (κ2) is 17.7. The number of fused-ring (bicyclic) bond motifs is 2. The third kappa shape index (κ3) is 10.0. The maximum atomic E-state index is 14.5. The summed E-state index contributed by atoms with van der Waals surface area (Å²) in [6.45, 7) is 9.91. The van der Waals surface area contributed by atoms with Crippen LogP contribution < -0.4 is 21.7 Å². The molecule has 1 unspecified atom stereocenters. The van der Waals surface area contributed by atoms with Gasteiger partial charge in [-0.15, -0.1) is 0 Å². The third-order valence-corrected chi connectivity index (χ3v) is 11.9. The molecule has 0 bridgehead atoms. The van der Waals surface area contributed by atoms with Gasteiger partial charge in [0.15, 0.2) is 0 Å². The van der Waals surface area contributed by atoms with E-state index in [-0.39, 0.29) is 55.2 Å². The van der Waals surface area contributed by atoms with E-state index in [2.05, 4.69) is 25.8 Å². The van der Waals surface area contributed by atoms with Gasteiger partial charge < -0.3 is 36.5 Å². The van der Waals surface area contributed by atoms with Gasteiger partial charge in [0, 0.05) is 66.3 Å². The largest absolute Gasteiger partial charge is 0.370 e. The SMILES string of the molecule is CC(C)c1ccc(CNC(=O)[C@H](CCC(N)=O)NC(=O)[C@@H]2CC[C@@H]3CCN(C(C)C)C[C@H](NC(=O)c4cc5cc(C(=O)P(C)(=O)O)ccc5[nH]4)C(=O)N32)c(Cl)c1. The van der Waals surface area contributed by atoms with Gasteiger partial charge in [0.1, 0.15) is 23.8 Å². The van der Waals surface area contributed by atoms with Gasteiger partial charge in [0.05, 0.1) is 0 Å². The molecule has 0 radical (unpaired) electrons. The first kappa shape index (κ1) is 42.6. The zero-order valence-electron chi connectivity index (χ0n) is 32.3. The van der Waals surface area contributed by atoms with E-state index >= 15 is 0 Å². The summed E-state index contributed by atoms with van der Waals surface area (Å²) in [4.78, 5) is 96.2. The van der Waals surface area contributed by atoms with Crippen LogP contribution in [0.15, 0.2) is 42.5 Å². The van der Waals surface area contributed by atoms with Crippen molar-refractivity contribution in [2.75, 3.05) is 19.8 Å². The molecule has 7 N–H and O–H groups in total. The molecule has 17 heteroatoms. The maximum Gasteiger partial charge on any atom is 0.268 e. The molecule has 2 aliphatic heterocycles. The first-order chi connectivity index (χ1) is 26.3. The predicted molar refractivity (Wildman–Crippen MR) is 212 cm³/mol. The van der Waals surface area contributed by atoms with Crippen molar-refractivity contribution in [1.82, 2.24) is 30.7 Å². The molecule has 302 valence electrons. The maximum absolute atomic E-state index is 14.5. The average Bonchev–Trinajstić information content (AvgIpc) is 3.76. The van der Waals surface area contributed by atoms with Gasteiger partial charge >= 0.3 is 0 Å². The summed E-state index contributed by atoms with van der Waals surface area (Å²) in [7, 11) is -4.03. The number of benzene rings is 2. The average molecular weight is 812 g/mol. The van der Waals surface area contributed by atoms with Gasteiger partial charge in [0.25, 0.3) is 13.3 Å². The normalized spacial score (nSPS) is 20.6. The van der Waals surface area contributed by atoms with Crippen molar-refractivity contribution < 1.29 is 38.2 Å². The molecule has 5 rings (SSSR count). The molecule has 15 nitrogen and oxygen atoms in total. The van der Waals surface area contributed by atoms with Crippen molar-refractivity contribution in [3.05, 3.63) is 69.9 Å². The number of hydrogen-bond donors (Lipinski definition) is 6. The molecule has 3 heterocycles. The van der Waals surface area contributed by atoms with E-state index < -0.39 is 60.6 Å². The molecule has 3 aromatic rings. The van der Waals surface area contributed by atoms with Crippen LogP contribution in [0.2, 0.25) is 5.02 Å². The smallest absolute Gasteiger partial charge is 0.268 e. The lowest BCUT2D eigenvalue weighted by atomic mass is 10.0. The first-order valence-corrected chi connectivity index (χ1v) is 21.3. The molecule has 1 aromatic heterocycles. The fourth-order valence-corrected chi connectivity index (χ4v) is 8.16. The molecule has 5 amide bonds. The Kier molecular flexibility index (Phi) is 13.5. The van der Waals surface area contributed by atoms with Crippen LogP contribution in [-0.4, -0.2) is 105 Å². The van der Waals surface area contributed by atoms with E-state index in [1.54, 1.807) is 0 Å². The number of amides is 5. The number of aromatic amines is 1. The standard InChI is InChI=1S/C39H51ClN7O8P/c1-21(2)23-6-7-25(28(40)17-23)19-42-35(49)30(11-13-34(41)48)44-37(51)33-12-9-27-14-15-46(22(3)4)20-32(38(52)47(27)33)45-36(50)31-18-26-16-24(8-10-29(26)43-31)39(53)56(5,54)55/h6-8,10,16-18,21-22,27,30,32-33,43H,9,11-15,19-20H2,1-5H3,(H2,41,48)(H,42,49)(H,44,51)(H,45,50)(H,54,55)/t27-,30+,32+,33+/m1/s1. The zero-order chi connectivity index (χ0) is 41.1. The van der Waals surface area contributed by atoms with Gasteiger partial charge in [-0.1, -0.05) is 37.6 Å². The number of carbonyl (C=O) groups is 6. The Balaban J connectivity index is 1.34. The highest BCUT2D eigenvalue weighted by molar-refractivity contribution is 7.75. The fraction of sp³-hybridized carbons (Fsp3) is 0.487. The van der Waals surface area contributed by atoms with E-state index in [0.717, 1.165) is 12.2 Å². The van der Waals surface area contributed by atoms with Gasteiger partial charge in [0.2, 0.25) is 29.2 Å². The fourth-order valence-electron chi connectivity index (χ4n) is 7.29. The van der Waals surface area contributed by atoms with E-state index in [0.29, 0.717) is 47.3 Å². The third-order valence-electron chi connectivity index (χ3n) is 10.6. The van der Waals surface area contributed by atoms with Gasteiger partial charge in [-0.05, 0) is 86.9 Å². The summed E-state index contributed by atoms with van der Waals surface area (Å²) in [6, 6.07) is 8.08. The summed E-state index contributed by atoms with van der Waals surface area (Å²) in [5.74, 6) is -2.52. The highest BCUT2D eigenvalue weighted by atomic mass is 35.5. The number of halogens is 1. The molecular weight excluding hydrogens is 761 g/mol. The predicted octanol–water partition coefficient (Wildman–Crippen LogP) is 3.62. The molecule has 56 heavy (non-hydrogen) atoms. The van der Waals surface area contributed by atoms with Crippen LogP contribution in [0.3, 0.4) is 0 Å². The number of primary amides is 1. The van der Waals surface area contributed by atoms with Gasteiger partial charge in [-0.2, -0.15) is 0 Å². The number of nitrogens with zero attached hydrogens (tertiary/aromatic N) is 2. The Morgan fingerprint density at radius 3 is 2.41 bits per heavy atom. The highest BCUT2D eigenvalue weighted by Crippen LogP contribution is 2.40. The Labute approximate surface area is 330 Å². The van der Waals surface area contributed by atoms with Crippen molar-refractivity contribution in [3.63, 3.8) is 0 Å². The van der Waals surface area contributed by atoms with Crippen molar-refractivity contribution in [2.24, 2.45) is 5.73 Å². The minimum absolute atomic E-state index is 0.0269. The molecule has 5 atom stereocenters. The summed E-state index contributed by atoms with van der Waals surface area (Å²) >= 11 is 6.49. The number of rotatable bonds is 14. The number of aromatic nitrogens is 1. The van der Waals surface area contributed by atoms with E-state index in [4.69, 9.17) is 17.3 Å². The molecule has 2 saturated heterocycles. The minimum atomic E-state index is -4.03. The van der Waals surface area contributed by atoms with Crippen LogP contribution in [0.25, 0.3) is 10.9 Å². The first-order valence-electron chi connectivity index (χ1n) is 18.8. The molecule has 2 aromatic carbocycles. The van der Waals surface area contributed by atoms with Crippen molar-refractivity contribution in [3.8, 4) is 0 Å². The minimum Gasteiger partial charge on any atom is -0.370 e. The molecule has 2 aliphatic rings. The van der Waals surface area contributed by atoms with Crippen LogP contribution >= 0.6 is 19.0 Å². The molecule has 0 aliphatic carbocycles. The molecule has 0 spiro atoms. The van der Waals surface area contributed by atoms with Crippen molar-refractivity contribution >= 4 is 64.9 Å². The van der Waals surface area contributed by atoms with E-state index in [9.17, 15) is 38.2 Å². The van der Waals surface area contributed by atoms with Crippen LogP contribution in [0.5, 0.6) is 0 Å². The van der Waals surface area contributed by atoms with Crippen molar-refractivity contribution in [2.45, 2.75) is 102 Å². The number of H-pyrrole nitrogens is 1. The zero-order valence-corrected chi connectivity index (χ0v) is 33.9. The highest BCUT2D eigenvalue weighted by Gasteiger charge is 2.46. The van der Waals surface area contributed by atoms with Crippen LogP contribution in [0.1, 0.15) is 97.7 Å². The molecular formula is C39H51ClN7O8P. The lowest BCUT2D eigenvalue weighted by Gasteiger charge is -2.40. The lowest BCUT2D eigenvalue weighted by Crippen LogP contribution is -2.62.